The molecule has 0 saturated heterocycles. The van der Waals surface area contributed by atoms with Gasteiger partial charge in [-0.15, -0.1) is 0 Å². The number of carbonyl (C=O) groups is 1. The zero-order chi connectivity index (χ0) is 25.2. The molecular formula is C32H27ClN2O2. The van der Waals surface area contributed by atoms with E-state index in [0.717, 1.165) is 51.5 Å². The van der Waals surface area contributed by atoms with Crippen molar-refractivity contribution in [2.75, 3.05) is 10.6 Å². The van der Waals surface area contributed by atoms with Gasteiger partial charge in [0.05, 0.1) is 17.4 Å². The van der Waals surface area contributed by atoms with Crippen molar-refractivity contribution in [2.24, 2.45) is 0 Å². The van der Waals surface area contributed by atoms with Crippen LogP contribution in [0.4, 0.5) is 11.4 Å². The normalized spacial score (nSPS) is 18.7. The van der Waals surface area contributed by atoms with E-state index >= 15 is 0 Å². The summed E-state index contributed by atoms with van der Waals surface area (Å²) in [4.78, 5) is 13.9. The number of fused-ring (bicyclic) bond motifs is 1. The number of ether oxygens (including phenoxy) is 1. The van der Waals surface area contributed by atoms with E-state index in [1.807, 2.05) is 84.9 Å². The molecule has 1 aliphatic heterocycles. The molecule has 6 rings (SSSR count). The van der Waals surface area contributed by atoms with E-state index in [2.05, 4.69) is 28.8 Å². The highest BCUT2D eigenvalue weighted by atomic mass is 35.5. The predicted octanol–water partition coefficient (Wildman–Crippen LogP) is 7.90. The lowest BCUT2D eigenvalue weighted by Gasteiger charge is -2.30. The maximum atomic E-state index is 13.9. The second-order valence-electron chi connectivity index (χ2n) is 9.53. The summed E-state index contributed by atoms with van der Waals surface area (Å²) >= 11 is 6.13. The third kappa shape index (κ3) is 4.85. The Morgan fingerprint density at radius 3 is 2.30 bits per heavy atom. The van der Waals surface area contributed by atoms with Crippen LogP contribution < -0.4 is 15.4 Å². The van der Waals surface area contributed by atoms with Crippen LogP contribution in [0.15, 0.2) is 114 Å². The van der Waals surface area contributed by atoms with Gasteiger partial charge in [0.2, 0.25) is 0 Å². The van der Waals surface area contributed by atoms with Crippen LogP contribution in [0.3, 0.4) is 0 Å². The molecule has 37 heavy (non-hydrogen) atoms. The molecule has 0 fully saturated rings. The van der Waals surface area contributed by atoms with Crippen molar-refractivity contribution >= 4 is 28.8 Å². The number of nitrogens with one attached hydrogen (secondary N) is 2. The molecule has 0 aromatic heterocycles. The van der Waals surface area contributed by atoms with Gasteiger partial charge in [0, 0.05) is 28.3 Å². The average Bonchev–Trinajstić information content (AvgIpc) is 3.10. The van der Waals surface area contributed by atoms with E-state index in [0.29, 0.717) is 18.1 Å². The lowest BCUT2D eigenvalue weighted by molar-refractivity contribution is -0.116. The number of benzene rings is 4. The summed E-state index contributed by atoms with van der Waals surface area (Å²) in [5, 5.41) is 7.97. The predicted molar refractivity (Wildman–Crippen MR) is 149 cm³/mol. The first-order valence-electron chi connectivity index (χ1n) is 12.6. The van der Waals surface area contributed by atoms with Crippen LogP contribution in [0.1, 0.15) is 41.5 Å². The first-order valence-corrected chi connectivity index (χ1v) is 12.9. The van der Waals surface area contributed by atoms with Gasteiger partial charge >= 0.3 is 0 Å². The van der Waals surface area contributed by atoms with Gasteiger partial charge in [0.25, 0.3) is 0 Å². The van der Waals surface area contributed by atoms with Crippen LogP contribution in [0.5, 0.6) is 5.75 Å². The Bertz CT molecular complexity index is 1460. The van der Waals surface area contributed by atoms with Crippen molar-refractivity contribution in [1.29, 1.82) is 0 Å². The highest BCUT2D eigenvalue weighted by molar-refractivity contribution is 6.30. The van der Waals surface area contributed by atoms with E-state index in [1.165, 1.54) is 0 Å². The van der Waals surface area contributed by atoms with Crippen molar-refractivity contribution in [3.05, 3.63) is 136 Å². The van der Waals surface area contributed by atoms with E-state index < -0.39 is 0 Å². The van der Waals surface area contributed by atoms with Gasteiger partial charge in [-0.25, -0.2) is 0 Å². The van der Waals surface area contributed by atoms with Gasteiger partial charge < -0.3 is 15.4 Å². The summed E-state index contributed by atoms with van der Waals surface area (Å²) in [6.45, 7) is 0.456. The van der Waals surface area contributed by atoms with E-state index in [1.54, 1.807) is 0 Å². The number of hydrogen-bond acceptors (Lipinski definition) is 4. The van der Waals surface area contributed by atoms with Crippen LogP contribution in [0.2, 0.25) is 5.02 Å². The van der Waals surface area contributed by atoms with Gasteiger partial charge in [-0.1, -0.05) is 84.4 Å². The van der Waals surface area contributed by atoms with Crippen molar-refractivity contribution in [2.45, 2.75) is 31.4 Å². The Morgan fingerprint density at radius 2 is 1.49 bits per heavy atom. The average molecular weight is 507 g/mol. The van der Waals surface area contributed by atoms with Crippen molar-refractivity contribution in [3.63, 3.8) is 0 Å². The molecule has 1 heterocycles. The van der Waals surface area contributed by atoms with Crippen molar-refractivity contribution < 1.29 is 9.53 Å². The number of allylic oxidation sites excluding steroid dienone is 1. The van der Waals surface area contributed by atoms with E-state index in [4.69, 9.17) is 16.3 Å². The highest BCUT2D eigenvalue weighted by Crippen LogP contribution is 2.45. The SMILES string of the molecule is O=C1C[C@@H](c2ccc(Cl)cc2)CC2=C1[C@H](c1ccccc1OCc1ccccc1)Nc1ccccc1N2. The molecule has 4 nitrogen and oxygen atoms in total. The van der Waals surface area contributed by atoms with Gasteiger partial charge in [-0.05, 0) is 53.8 Å². The summed E-state index contributed by atoms with van der Waals surface area (Å²) in [7, 11) is 0. The summed E-state index contributed by atoms with van der Waals surface area (Å²) in [5.74, 6) is 0.992. The van der Waals surface area contributed by atoms with Gasteiger partial charge in [0.1, 0.15) is 12.4 Å². The minimum absolute atomic E-state index is 0.0894. The fourth-order valence-electron chi connectivity index (χ4n) is 5.28. The lowest BCUT2D eigenvalue weighted by Crippen LogP contribution is -2.27. The smallest absolute Gasteiger partial charge is 0.163 e. The number of halogens is 1. The fourth-order valence-corrected chi connectivity index (χ4v) is 5.41. The molecule has 4 aromatic rings. The van der Waals surface area contributed by atoms with Crippen LogP contribution >= 0.6 is 11.6 Å². The molecule has 0 saturated carbocycles. The molecule has 0 radical (unpaired) electrons. The molecule has 2 N–H and O–H groups in total. The summed E-state index contributed by atoms with van der Waals surface area (Å²) in [5.41, 5.74) is 6.81. The van der Waals surface area contributed by atoms with E-state index in [-0.39, 0.29) is 17.7 Å². The summed E-state index contributed by atoms with van der Waals surface area (Å²) in [6.07, 6.45) is 1.19. The summed E-state index contributed by atoms with van der Waals surface area (Å²) < 4.78 is 6.32. The zero-order valence-corrected chi connectivity index (χ0v) is 21.0. The monoisotopic (exact) mass is 506 g/mol. The van der Waals surface area contributed by atoms with Crippen LogP contribution in [0, 0.1) is 0 Å². The molecule has 2 atom stereocenters. The summed E-state index contributed by atoms with van der Waals surface area (Å²) in [6, 6.07) is 33.7. The lowest BCUT2D eigenvalue weighted by atomic mass is 9.78. The first kappa shape index (κ1) is 23.4. The third-order valence-electron chi connectivity index (χ3n) is 7.12. The van der Waals surface area contributed by atoms with Crippen LogP contribution in [-0.4, -0.2) is 5.78 Å². The molecule has 0 unspecified atom stereocenters. The maximum absolute atomic E-state index is 13.9. The molecule has 0 amide bonds. The Kier molecular flexibility index (Phi) is 6.42. The molecule has 5 heteroatoms. The number of ketones is 1. The Balaban J connectivity index is 1.40. The maximum Gasteiger partial charge on any atom is 0.163 e. The van der Waals surface area contributed by atoms with Gasteiger partial charge in [-0.2, -0.15) is 0 Å². The number of Topliss-reactive ketones (excluding diaryl/α,β-unsaturated/α-hetero) is 1. The number of para-hydroxylation sites is 3. The quantitative estimate of drug-likeness (QED) is 0.289. The second kappa shape index (κ2) is 10.2. The molecular weight excluding hydrogens is 480 g/mol. The minimum Gasteiger partial charge on any atom is -0.489 e. The molecule has 184 valence electrons. The molecule has 0 spiro atoms. The second-order valence-corrected chi connectivity index (χ2v) is 9.97. The Morgan fingerprint density at radius 1 is 0.784 bits per heavy atom. The minimum atomic E-state index is -0.336. The largest absolute Gasteiger partial charge is 0.489 e. The topological polar surface area (TPSA) is 50.4 Å². The number of anilines is 2. The standard InChI is InChI=1S/C32H27ClN2O2/c33-24-16-14-22(15-17-24)23-18-28-31(29(36)19-23)32(35-27-12-6-5-11-26(27)34-28)25-10-4-7-13-30(25)37-20-21-8-2-1-3-9-21/h1-17,23,32,34-35H,18-20H2/t23-,32-/m0/s1. The number of hydrogen-bond donors (Lipinski definition) is 2. The number of carbonyl (C=O) groups excluding carboxylic acids is 1. The molecule has 0 bridgehead atoms. The zero-order valence-electron chi connectivity index (χ0n) is 20.3. The van der Waals surface area contributed by atoms with Crippen molar-refractivity contribution in [3.8, 4) is 5.75 Å². The van der Waals surface area contributed by atoms with E-state index in [9.17, 15) is 4.79 Å². The highest BCUT2D eigenvalue weighted by Gasteiger charge is 2.37. The van der Waals surface area contributed by atoms with Crippen LogP contribution in [0.25, 0.3) is 0 Å². The van der Waals surface area contributed by atoms with Crippen LogP contribution in [-0.2, 0) is 11.4 Å². The van der Waals surface area contributed by atoms with Crippen molar-refractivity contribution in [1.82, 2.24) is 0 Å². The third-order valence-corrected chi connectivity index (χ3v) is 7.37. The van der Waals surface area contributed by atoms with Gasteiger partial charge in [0.15, 0.2) is 5.78 Å². The first-order chi connectivity index (χ1) is 18.2. The Labute approximate surface area is 221 Å². The molecule has 1 aliphatic carbocycles. The fraction of sp³-hybridized carbons (Fsp3) is 0.156. The molecule has 4 aromatic carbocycles. The number of rotatable bonds is 5. The Hall–Kier alpha value is -4.02. The molecule has 2 aliphatic rings. The van der Waals surface area contributed by atoms with Gasteiger partial charge in [-0.3, -0.25) is 4.79 Å².